The Bertz CT molecular complexity index is 106. The first-order valence-corrected chi connectivity index (χ1v) is 6.64. The van der Waals surface area contributed by atoms with Gasteiger partial charge >= 0.3 is 0 Å². The molecule has 1 rings (SSSR count). The predicted octanol–water partition coefficient (Wildman–Crippen LogP) is -1.75. The van der Waals surface area contributed by atoms with Crippen LogP contribution in [-0.2, 0) is 0 Å². The van der Waals surface area contributed by atoms with Crippen LogP contribution in [0.5, 0.6) is 0 Å². The second kappa shape index (κ2) is 6.56. The third kappa shape index (κ3) is 4.17. The molecule has 1 heterocycles. The molecule has 5 heteroatoms. The fourth-order valence-corrected chi connectivity index (χ4v) is 1.87. The minimum atomic E-state index is -0.206. The lowest BCUT2D eigenvalue weighted by molar-refractivity contribution is 0.165. The van der Waals surface area contributed by atoms with Crippen molar-refractivity contribution in [1.82, 2.24) is 15.8 Å². The Morgan fingerprint density at radius 3 is 2.83 bits per heavy atom. The van der Waals surface area contributed by atoms with Crippen molar-refractivity contribution in [3.63, 3.8) is 0 Å². The van der Waals surface area contributed by atoms with Gasteiger partial charge in [0.1, 0.15) is 0 Å². The van der Waals surface area contributed by atoms with E-state index in [0.29, 0.717) is 0 Å². The van der Waals surface area contributed by atoms with Crippen LogP contribution in [0.2, 0.25) is 6.04 Å². The first kappa shape index (κ1) is 10.1. The smallest absolute Gasteiger partial charge is 0.0888 e. The summed E-state index contributed by atoms with van der Waals surface area (Å²) in [4.78, 5) is 0. The normalized spacial score (nSPS) is 20.8. The summed E-state index contributed by atoms with van der Waals surface area (Å²) in [6.45, 7) is 5.57. The van der Waals surface area contributed by atoms with Crippen molar-refractivity contribution in [1.29, 1.82) is 0 Å². The highest BCUT2D eigenvalue weighted by atomic mass is 28.2. The van der Waals surface area contributed by atoms with E-state index in [1.54, 1.807) is 0 Å². The van der Waals surface area contributed by atoms with Gasteiger partial charge < -0.3 is 10.7 Å². The molecule has 72 valence electrons. The van der Waals surface area contributed by atoms with Crippen LogP contribution in [0.25, 0.3) is 0 Å². The standard InChI is InChI=1S/C7H20N4Si/c8-12-7-1-2-10-11-5-3-9-4-6-11/h9-10H,1-8,12H2. The highest BCUT2D eigenvalue weighted by Crippen LogP contribution is 1.88. The molecule has 4 N–H and O–H groups in total. The summed E-state index contributed by atoms with van der Waals surface area (Å²) in [6, 6.07) is 1.26. The summed E-state index contributed by atoms with van der Waals surface area (Å²) in [6.07, 6.45) is 1.24. The monoisotopic (exact) mass is 188 g/mol. The van der Waals surface area contributed by atoms with E-state index >= 15 is 0 Å². The zero-order valence-electron chi connectivity index (χ0n) is 7.68. The third-order valence-corrected chi connectivity index (χ3v) is 2.99. The van der Waals surface area contributed by atoms with Crippen LogP contribution in [0, 0.1) is 0 Å². The quantitative estimate of drug-likeness (QED) is 0.354. The number of piperazine rings is 1. The molecule has 1 saturated heterocycles. The number of hydrogen-bond acceptors (Lipinski definition) is 4. The van der Waals surface area contributed by atoms with Gasteiger partial charge in [0.25, 0.3) is 0 Å². The molecule has 0 aromatic carbocycles. The van der Waals surface area contributed by atoms with Crippen LogP contribution in [0.3, 0.4) is 0 Å². The maximum Gasteiger partial charge on any atom is 0.0888 e. The van der Waals surface area contributed by atoms with E-state index < -0.39 is 0 Å². The number of hydrazine groups is 1. The van der Waals surface area contributed by atoms with E-state index in [4.69, 9.17) is 5.40 Å². The van der Waals surface area contributed by atoms with Gasteiger partial charge in [-0.2, -0.15) is 0 Å². The SMILES string of the molecule is N[SiH2]CCCNN1CCNCC1. The fraction of sp³-hybridized carbons (Fsp3) is 1.00. The maximum atomic E-state index is 5.54. The van der Waals surface area contributed by atoms with Gasteiger partial charge in [0, 0.05) is 32.7 Å². The Balaban J connectivity index is 1.91. The van der Waals surface area contributed by atoms with Gasteiger partial charge in [-0.15, -0.1) is 0 Å². The largest absolute Gasteiger partial charge is 0.356 e. The first-order valence-electron chi connectivity index (χ1n) is 4.82. The van der Waals surface area contributed by atoms with Crippen molar-refractivity contribution >= 4 is 9.68 Å². The Hall–Kier alpha value is 0.0569. The molecule has 12 heavy (non-hydrogen) atoms. The van der Waals surface area contributed by atoms with Gasteiger partial charge in [-0.05, 0) is 12.5 Å². The fourth-order valence-electron chi connectivity index (χ4n) is 1.33. The summed E-state index contributed by atoms with van der Waals surface area (Å²) in [7, 11) is -0.206. The molecule has 1 aliphatic rings. The number of nitrogens with two attached hydrogens (primary N) is 1. The minimum Gasteiger partial charge on any atom is -0.356 e. The molecule has 0 saturated carbocycles. The van der Waals surface area contributed by atoms with E-state index in [9.17, 15) is 0 Å². The molecule has 0 radical (unpaired) electrons. The van der Waals surface area contributed by atoms with Gasteiger partial charge in [-0.1, -0.05) is 0 Å². The number of rotatable bonds is 5. The van der Waals surface area contributed by atoms with Gasteiger partial charge in [-0.3, -0.25) is 5.43 Å². The van der Waals surface area contributed by atoms with E-state index in [2.05, 4.69) is 15.8 Å². The zero-order chi connectivity index (χ0) is 8.65. The van der Waals surface area contributed by atoms with Crippen LogP contribution in [0.4, 0.5) is 0 Å². The van der Waals surface area contributed by atoms with Crippen molar-refractivity contribution in [2.45, 2.75) is 12.5 Å². The van der Waals surface area contributed by atoms with Crippen LogP contribution >= 0.6 is 0 Å². The van der Waals surface area contributed by atoms with Crippen molar-refractivity contribution in [3.05, 3.63) is 0 Å². The van der Waals surface area contributed by atoms with Crippen molar-refractivity contribution in [2.24, 2.45) is 5.40 Å². The third-order valence-electron chi connectivity index (χ3n) is 2.08. The molecule has 0 amide bonds. The molecule has 0 aliphatic carbocycles. The highest BCUT2D eigenvalue weighted by molar-refractivity contribution is 6.30. The maximum absolute atomic E-state index is 5.54. The van der Waals surface area contributed by atoms with Crippen molar-refractivity contribution in [3.8, 4) is 0 Å². The van der Waals surface area contributed by atoms with Crippen LogP contribution in [0.15, 0.2) is 0 Å². The molecule has 0 aromatic heterocycles. The Kier molecular flexibility index (Phi) is 5.54. The second-order valence-corrected chi connectivity index (χ2v) is 4.43. The average molecular weight is 188 g/mol. The highest BCUT2D eigenvalue weighted by Gasteiger charge is 2.06. The van der Waals surface area contributed by atoms with Gasteiger partial charge in [0.15, 0.2) is 0 Å². The Morgan fingerprint density at radius 2 is 2.17 bits per heavy atom. The predicted molar refractivity (Wildman–Crippen MR) is 54.6 cm³/mol. The molecule has 4 nitrogen and oxygen atoms in total. The average Bonchev–Trinajstić information content (AvgIpc) is 2.14. The van der Waals surface area contributed by atoms with E-state index in [0.717, 1.165) is 32.7 Å². The molecule has 0 atom stereocenters. The number of hydrogen-bond donors (Lipinski definition) is 3. The molecule has 0 unspecified atom stereocenters. The Morgan fingerprint density at radius 1 is 1.42 bits per heavy atom. The summed E-state index contributed by atoms with van der Waals surface area (Å²) < 4.78 is 0. The lowest BCUT2D eigenvalue weighted by atomic mass is 10.4. The lowest BCUT2D eigenvalue weighted by Gasteiger charge is -2.27. The zero-order valence-corrected chi connectivity index (χ0v) is 9.10. The number of nitrogens with zero attached hydrogens (tertiary/aromatic N) is 1. The molecular weight excluding hydrogens is 168 g/mol. The molecule has 1 fully saturated rings. The molecule has 0 aromatic rings. The first-order chi connectivity index (χ1) is 5.93. The summed E-state index contributed by atoms with van der Waals surface area (Å²) in [5, 5.41) is 11.2. The van der Waals surface area contributed by atoms with Gasteiger partial charge in [0.05, 0.1) is 9.68 Å². The van der Waals surface area contributed by atoms with E-state index in [1.165, 1.54) is 12.5 Å². The summed E-state index contributed by atoms with van der Waals surface area (Å²) in [5.41, 5.74) is 3.42. The molecule has 1 aliphatic heterocycles. The topological polar surface area (TPSA) is 53.3 Å². The number of nitrogens with one attached hydrogen (secondary N) is 2. The van der Waals surface area contributed by atoms with Crippen LogP contribution in [-0.4, -0.2) is 47.4 Å². The molecule has 0 spiro atoms. The Labute approximate surface area is 76.7 Å². The molecular formula is C7H20N4Si. The van der Waals surface area contributed by atoms with E-state index in [1.807, 2.05) is 0 Å². The summed E-state index contributed by atoms with van der Waals surface area (Å²) >= 11 is 0. The lowest BCUT2D eigenvalue weighted by Crippen LogP contribution is -2.50. The van der Waals surface area contributed by atoms with Crippen LogP contribution in [0.1, 0.15) is 6.42 Å². The minimum absolute atomic E-state index is 0.206. The van der Waals surface area contributed by atoms with E-state index in [-0.39, 0.29) is 9.68 Å². The van der Waals surface area contributed by atoms with Crippen molar-refractivity contribution < 1.29 is 0 Å². The van der Waals surface area contributed by atoms with Gasteiger partial charge in [-0.25, -0.2) is 5.01 Å². The second-order valence-electron chi connectivity index (χ2n) is 3.14. The van der Waals surface area contributed by atoms with Gasteiger partial charge in [0.2, 0.25) is 0 Å². The molecule has 0 bridgehead atoms. The van der Waals surface area contributed by atoms with Crippen LogP contribution < -0.4 is 16.1 Å². The summed E-state index contributed by atoms with van der Waals surface area (Å²) in [5.74, 6) is 0. The van der Waals surface area contributed by atoms with Crippen molar-refractivity contribution in [2.75, 3.05) is 32.7 Å².